The van der Waals surface area contributed by atoms with Crippen molar-refractivity contribution in [1.82, 2.24) is 4.90 Å². The Balaban J connectivity index is 1.75. The van der Waals surface area contributed by atoms with Crippen molar-refractivity contribution in [1.29, 1.82) is 0 Å². The largest absolute Gasteiger partial charge is 0.298 e. The van der Waals surface area contributed by atoms with E-state index < -0.39 is 0 Å². The van der Waals surface area contributed by atoms with Gasteiger partial charge in [-0.05, 0) is 22.8 Å². The lowest BCUT2D eigenvalue weighted by Gasteiger charge is -2.14. The van der Waals surface area contributed by atoms with Gasteiger partial charge in [-0.3, -0.25) is 9.69 Å². The van der Waals surface area contributed by atoms with Gasteiger partial charge in [0, 0.05) is 25.2 Å². The van der Waals surface area contributed by atoms with Crippen molar-refractivity contribution in [2.24, 2.45) is 0 Å². The molecule has 1 heterocycles. The molecule has 0 unspecified atom stereocenters. The van der Waals surface area contributed by atoms with E-state index in [1.54, 1.807) is 0 Å². The zero-order valence-electron chi connectivity index (χ0n) is 10.2. The van der Waals surface area contributed by atoms with Crippen LogP contribution < -0.4 is 0 Å². The molecule has 0 amide bonds. The molecule has 1 aliphatic heterocycles. The predicted octanol–water partition coefficient (Wildman–Crippen LogP) is 3.01. The number of hydrogen-bond acceptors (Lipinski definition) is 2. The molecule has 3 rings (SSSR count). The van der Waals surface area contributed by atoms with E-state index in [1.807, 2.05) is 18.2 Å². The zero-order chi connectivity index (χ0) is 12.4. The molecule has 0 N–H and O–H groups in total. The Kier molecular flexibility index (Phi) is 2.95. The van der Waals surface area contributed by atoms with Crippen LogP contribution in [0.2, 0.25) is 0 Å². The van der Waals surface area contributed by atoms with Crippen LogP contribution >= 0.6 is 0 Å². The first-order valence-electron chi connectivity index (χ1n) is 6.18. The highest BCUT2D eigenvalue weighted by atomic mass is 16.1. The number of carbonyl (C=O) groups is 1. The predicted molar refractivity (Wildman–Crippen MR) is 71.2 cm³/mol. The molecule has 0 radical (unpaired) electrons. The molecule has 0 aromatic heterocycles. The van der Waals surface area contributed by atoms with Gasteiger partial charge >= 0.3 is 0 Å². The lowest BCUT2D eigenvalue weighted by atomic mass is 10.1. The molecule has 0 atom stereocenters. The number of carbonyl (C=O) groups excluding carboxylic acids is 1. The smallest absolute Gasteiger partial charge is 0.150 e. The highest BCUT2D eigenvalue weighted by Crippen LogP contribution is 2.24. The number of rotatable bonds is 3. The molecular formula is C16H15NO. The van der Waals surface area contributed by atoms with Gasteiger partial charge in [-0.1, -0.05) is 42.5 Å². The first kappa shape index (κ1) is 11.2. The first-order chi connectivity index (χ1) is 8.85. The Morgan fingerprint density at radius 2 is 1.78 bits per heavy atom. The summed E-state index contributed by atoms with van der Waals surface area (Å²) in [5.41, 5.74) is 4.74. The Labute approximate surface area is 107 Å². The van der Waals surface area contributed by atoms with E-state index in [0.717, 1.165) is 31.5 Å². The fourth-order valence-electron chi connectivity index (χ4n) is 2.51. The van der Waals surface area contributed by atoms with Crippen molar-refractivity contribution in [3.05, 3.63) is 70.8 Å². The lowest BCUT2D eigenvalue weighted by Crippen LogP contribution is -2.15. The molecule has 0 bridgehead atoms. The molecule has 2 heteroatoms. The Morgan fingerprint density at radius 1 is 1.00 bits per heavy atom. The van der Waals surface area contributed by atoms with Gasteiger partial charge in [0.15, 0.2) is 0 Å². The molecule has 90 valence electrons. The molecule has 2 nitrogen and oxygen atoms in total. The Hall–Kier alpha value is -1.93. The standard InChI is InChI=1S/C16H15NO/c18-12-14-6-7-15-10-17(11-16(15)8-14)9-13-4-2-1-3-5-13/h1-8,12H,9-11H2. The van der Waals surface area contributed by atoms with Gasteiger partial charge in [0.2, 0.25) is 0 Å². The molecule has 1 aliphatic rings. The third-order valence-corrected chi connectivity index (χ3v) is 3.40. The Bertz CT molecular complexity index is 563. The molecule has 0 fully saturated rings. The van der Waals surface area contributed by atoms with Gasteiger partial charge < -0.3 is 0 Å². The summed E-state index contributed by atoms with van der Waals surface area (Å²) in [6.07, 6.45) is 0.917. The van der Waals surface area contributed by atoms with E-state index in [4.69, 9.17) is 0 Å². The molecule has 2 aromatic carbocycles. The maximum atomic E-state index is 10.8. The second kappa shape index (κ2) is 4.75. The zero-order valence-corrected chi connectivity index (χ0v) is 10.2. The number of benzene rings is 2. The Morgan fingerprint density at radius 3 is 2.56 bits per heavy atom. The number of nitrogens with zero attached hydrogens (tertiary/aromatic N) is 1. The third-order valence-electron chi connectivity index (χ3n) is 3.40. The van der Waals surface area contributed by atoms with E-state index in [9.17, 15) is 4.79 Å². The van der Waals surface area contributed by atoms with E-state index >= 15 is 0 Å². The lowest BCUT2D eigenvalue weighted by molar-refractivity contribution is 0.112. The minimum absolute atomic E-state index is 0.773. The third kappa shape index (κ3) is 2.20. The first-order valence-corrected chi connectivity index (χ1v) is 6.18. The second-order valence-corrected chi connectivity index (χ2v) is 4.78. The van der Waals surface area contributed by atoms with Crippen molar-refractivity contribution >= 4 is 6.29 Å². The van der Waals surface area contributed by atoms with Crippen LogP contribution in [0.25, 0.3) is 0 Å². The second-order valence-electron chi connectivity index (χ2n) is 4.78. The molecule has 0 saturated carbocycles. The van der Waals surface area contributed by atoms with Crippen LogP contribution in [0.3, 0.4) is 0 Å². The minimum atomic E-state index is 0.773. The topological polar surface area (TPSA) is 20.3 Å². The van der Waals surface area contributed by atoms with Gasteiger partial charge in [0.25, 0.3) is 0 Å². The fraction of sp³-hybridized carbons (Fsp3) is 0.188. The van der Waals surface area contributed by atoms with Crippen molar-refractivity contribution in [3.8, 4) is 0 Å². The van der Waals surface area contributed by atoms with E-state index in [2.05, 4.69) is 35.2 Å². The van der Waals surface area contributed by atoms with Crippen LogP contribution in [0, 0.1) is 0 Å². The molecule has 0 aliphatic carbocycles. The van der Waals surface area contributed by atoms with Crippen LogP contribution in [0.1, 0.15) is 27.0 Å². The van der Waals surface area contributed by atoms with Crippen molar-refractivity contribution in [2.45, 2.75) is 19.6 Å². The van der Waals surface area contributed by atoms with Crippen molar-refractivity contribution in [3.63, 3.8) is 0 Å². The van der Waals surface area contributed by atoms with E-state index in [0.29, 0.717) is 0 Å². The van der Waals surface area contributed by atoms with Gasteiger partial charge in [-0.2, -0.15) is 0 Å². The highest BCUT2D eigenvalue weighted by Gasteiger charge is 2.18. The van der Waals surface area contributed by atoms with E-state index in [-0.39, 0.29) is 0 Å². The quantitative estimate of drug-likeness (QED) is 0.765. The summed E-state index contributed by atoms with van der Waals surface area (Å²) in [4.78, 5) is 13.2. The monoisotopic (exact) mass is 237 g/mol. The average molecular weight is 237 g/mol. The van der Waals surface area contributed by atoms with Gasteiger partial charge in [-0.15, -0.1) is 0 Å². The van der Waals surface area contributed by atoms with Crippen LogP contribution in [-0.2, 0) is 19.6 Å². The van der Waals surface area contributed by atoms with Gasteiger partial charge in [0.05, 0.1) is 0 Å². The fourth-order valence-corrected chi connectivity index (χ4v) is 2.51. The average Bonchev–Trinajstić information content (AvgIpc) is 2.80. The van der Waals surface area contributed by atoms with Crippen LogP contribution in [-0.4, -0.2) is 11.2 Å². The van der Waals surface area contributed by atoms with Gasteiger partial charge in [0.1, 0.15) is 6.29 Å². The summed E-state index contributed by atoms with van der Waals surface area (Å²) in [6.45, 7) is 2.88. The summed E-state index contributed by atoms with van der Waals surface area (Å²) in [5.74, 6) is 0. The molecular weight excluding hydrogens is 222 g/mol. The maximum Gasteiger partial charge on any atom is 0.150 e. The maximum absolute atomic E-state index is 10.8. The summed E-state index contributed by atoms with van der Waals surface area (Å²) in [6, 6.07) is 16.5. The molecule has 0 spiro atoms. The normalized spacial score (nSPS) is 14.4. The van der Waals surface area contributed by atoms with Gasteiger partial charge in [-0.25, -0.2) is 0 Å². The molecule has 0 saturated heterocycles. The van der Waals surface area contributed by atoms with Crippen molar-refractivity contribution < 1.29 is 4.79 Å². The number of aldehydes is 1. The summed E-state index contributed by atoms with van der Waals surface area (Å²) < 4.78 is 0. The summed E-state index contributed by atoms with van der Waals surface area (Å²) >= 11 is 0. The summed E-state index contributed by atoms with van der Waals surface area (Å²) in [7, 11) is 0. The number of hydrogen-bond donors (Lipinski definition) is 0. The van der Waals surface area contributed by atoms with Crippen LogP contribution in [0.4, 0.5) is 0 Å². The van der Waals surface area contributed by atoms with Crippen LogP contribution in [0.5, 0.6) is 0 Å². The summed E-state index contributed by atoms with van der Waals surface area (Å²) in [5, 5.41) is 0. The van der Waals surface area contributed by atoms with E-state index in [1.165, 1.54) is 16.7 Å². The molecule has 2 aromatic rings. The number of fused-ring (bicyclic) bond motifs is 1. The van der Waals surface area contributed by atoms with Crippen LogP contribution in [0.15, 0.2) is 48.5 Å². The molecule has 18 heavy (non-hydrogen) atoms. The van der Waals surface area contributed by atoms with Crippen molar-refractivity contribution in [2.75, 3.05) is 0 Å². The highest BCUT2D eigenvalue weighted by molar-refractivity contribution is 5.75. The SMILES string of the molecule is O=Cc1ccc2c(c1)CN(Cc1ccccc1)C2. The minimum Gasteiger partial charge on any atom is -0.298 e.